The van der Waals surface area contributed by atoms with Gasteiger partial charge in [0.25, 0.3) is 0 Å². The lowest BCUT2D eigenvalue weighted by Crippen LogP contribution is -2.51. The summed E-state index contributed by atoms with van der Waals surface area (Å²) >= 11 is 1.67. The maximum atomic E-state index is 6.45. The standard InChI is InChI=1S/C15H19N5S/c1-3-4-11-8-14(16)20-15(17,19-11)10-5-6-13-12(7-10)18-9(2)21-13/h5-8,19H,3-4,17H2,1-2H3,(H2,16,20). The smallest absolute Gasteiger partial charge is 0.211 e. The number of aliphatic imine (C=N–C) groups is 1. The second kappa shape index (κ2) is 5.13. The molecule has 1 unspecified atom stereocenters. The lowest BCUT2D eigenvalue weighted by Gasteiger charge is -2.32. The third kappa shape index (κ3) is 2.64. The summed E-state index contributed by atoms with van der Waals surface area (Å²) in [6.45, 7) is 4.12. The minimum Gasteiger partial charge on any atom is -0.384 e. The monoisotopic (exact) mass is 301 g/mol. The van der Waals surface area contributed by atoms with Crippen LogP contribution >= 0.6 is 11.3 Å². The molecular weight excluding hydrogens is 282 g/mol. The van der Waals surface area contributed by atoms with Crippen LogP contribution in [0, 0.1) is 6.92 Å². The summed E-state index contributed by atoms with van der Waals surface area (Å²) in [6.07, 6.45) is 3.76. The van der Waals surface area contributed by atoms with Crippen molar-refractivity contribution in [2.24, 2.45) is 16.5 Å². The van der Waals surface area contributed by atoms with Gasteiger partial charge in [-0.2, -0.15) is 0 Å². The number of hydrogen-bond donors (Lipinski definition) is 3. The lowest BCUT2D eigenvalue weighted by atomic mass is 10.1. The van der Waals surface area contributed by atoms with Gasteiger partial charge in [-0.1, -0.05) is 19.4 Å². The van der Waals surface area contributed by atoms with Gasteiger partial charge in [0, 0.05) is 11.3 Å². The first kappa shape index (κ1) is 14.0. The highest BCUT2D eigenvalue weighted by Gasteiger charge is 2.30. The first-order valence-corrected chi connectivity index (χ1v) is 7.82. The molecular formula is C15H19N5S. The van der Waals surface area contributed by atoms with Crippen LogP contribution in [0.15, 0.2) is 35.0 Å². The predicted octanol–water partition coefficient (Wildman–Crippen LogP) is 2.32. The van der Waals surface area contributed by atoms with Crippen molar-refractivity contribution in [1.82, 2.24) is 10.3 Å². The van der Waals surface area contributed by atoms with Gasteiger partial charge in [-0.25, -0.2) is 9.98 Å². The molecule has 0 fully saturated rings. The van der Waals surface area contributed by atoms with Crippen LogP contribution in [-0.4, -0.2) is 10.8 Å². The number of nitrogens with zero attached hydrogens (tertiary/aromatic N) is 2. The molecule has 5 nitrogen and oxygen atoms in total. The SMILES string of the molecule is CCCC1=CC(N)=NC(N)(c2ccc3sc(C)nc3c2)N1. The van der Waals surface area contributed by atoms with Crippen LogP contribution in [0.5, 0.6) is 0 Å². The molecule has 0 spiro atoms. The molecule has 1 aromatic heterocycles. The third-order valence-corrected chi connectivity index (χ3v) is 4.38. The predicted molar refractivity (Wildman–Crippen MR) is 88.0 cm³/mol. The molecule has 0 bridgehead atoms. The van der Waals surface area contributed by atoms with Gasteiger partial charge in [-0.05, 0) is 31.6 Å². The van der Waals surface area contributed by atoms with Gasteiger partial charge >= 0.3 is 0 Å². The van der Waals surface area contributed by atoms with Gasteiger partial charge in [0.1, 0.15) is 5.84 Å². The zero-order valence-electron chi connectivity index (χ0n) is 12.2. The minimum absolute atomic E-state index is 0.453. The highest BCUT2D eigenvalue weighted by molar-refractivity contribution is 7.18. The largest absolute Gasteiger partial charge is 0.384 e. The molecule has 0 aliphatic carbocycles. The summed E-state index contributed by atoms with van der Waals surface area (Å²) in [5.41, 5.74) is 15.2. The van der Waals surface area contributed by atoms with Crippen LogP contribution in [-0.2, 0) is 5.79 Å². The Bertz CT molecular complexity index is 746. The van der Waals surface area contributed by atoms with Gasteiger partial charge in [-0.3, -0.25) is 5.73 Å². The van der Waals surface area contributed by atoms with E-state index in [4.69, 9.17) is 11.5 Å². The van der Waals surface area contributed by atoms with Crippen molar-refractivity contribution in [2.75, 3.05) is 0 Å². The number of thiazole rings is 1. The van der Waals surface area contributed by atoms with Crippen molar-refractivity contribution >= 4 is 27.4 Å². The van der Waals surface area contributed by atoms with Crippen LogP contribution in [0.25, 0.3) is 10.2 Å². The average Bonchev–Trinajstić information content (AvgIpc) is 2.77. The van der Waals surface area contributed by atoms with E-state index in [9.17, 15) is 0 Å². The zero-order chi connectivity index (χ0) is 15.0. The molecule has 21 heavy (non-hydrogen) atoms. The van der Waals surface area contributed by atoms with Crippen LogP contribution in [0.1, 0.15) is 30.3 Å². The maximum absolute atomic E-state index is 6.45. The Hall–Kier alpha value is -1.92. The van der Waals surface area contributed by atoms with Crippen molar-refractivity contribution < 1.29 is 0 Å². The van der Waals surface area contributed by atoms with Crippen molar-refractivity contribution in [3.05, 3.63) is 40.5 Å². The quantitative estimate of drug-likeness (QED) is 0.811. The molecule has 0 saturated carbocycles. The first-order valence-electron chi connectivity index (χ1n) is 7.01. The second-order valence-electron chi connectivity index (χ2n) is 5.26. The zero-order valence-corrected chi connectivity index (χ0v) is 13.0. The van der Waals surface area contributed by atoms with Crippen molar-refractivity contribution in [3.8, 4) is 0 Å². The van der Waals surface area contributed by atoms with E-state index in [1.165, 1.54) is 0 Å². The molecule has 0 radical (unpaired) electrons. The number of allylic oxidation sites excluding steroid dienone is 1. The first-order chi connectivity index (χ1) is 10.00. The van der Waals surface area contributed by atoms with E-state index >= 15 is 0 Å². The van der Waals surface area contributed by atoms with E-state index in [0.717, 1.165) is 39.3 Å². The molecule has 6 heteroatoms. The molecule has 2 heterocycles. The van der Waals surface area contributed by atoms with Gasteiger partial charge < -0.3 is 11.1 Å². The van der Waals surface area contributed by atoms with Gasteiger partial charge in [0.15, 0.2) is 0 Å². The van der Waals surface area contributed by atoms with Gasteiger partial charge in [-0.15, -0.1) is 11.3 Å². The van der Waals surface area contributed by atoms with E-state index in [1.54, 1.807) is 11.3 Å². The van der Waals surface area contributed by atoms with Crippen molar-refractivity contribution in [2.45, 2.75) is 32.5 Å². The van der Waals surface area contributed by atoms with E-state index in [0.29, 0.717) is 5.84 Å². The summed E-state index contributed by atoms with van der Waals surface area (Å²) in [5.74, 6) is -0.566. The number of nitrogens with one attached hydrogen (secondary N) is 1. The van der Waals surface area contributed by atoms with Gasteiger partial charge in [0.05, 0.1) is 15.2 Å². The highest BCUT2D eigenvalue weighted by atomic mass is 32.1. The molecule has 5 N–H and O–H groups in total. The number of amidine groups is 1. The second-order valence-corrected chi connectivity index (χ2v) is 6.50. The fraction of sp³-hybridized carbons (Fsp3) is 0.333. The van der Waals surface area contributed by atoms with E-state index in [-0.39, 0.29) is 0 Å². The molecule has 1 aliphatic heterocycles. The normalized spacial score (nSPS) is 21.9. The van der Waals surface area contributed by atoms with Crippen LogP contribution in [0.4, 0.5) is 0 Å². The highest BCUT2D eigenvalue weighted by Crippen LogP contribution is 2.28. The summed E-state index contributed by atoms with van der Waals surface area (Å²) in [7, 11) is 0. The summed E-state index contributed by atoms with van der Waals surface area (Å²) in [6, 6.07) is 6.01. The van der Waals surface area contributed by atoms with Crippen LogP contribution in [0.3, 0.4) is 0 Å². The summed E-state index contributed by atoms with van der Waals surface area (Å²) < 4.78 is 1.15. The Morgan fingerprint density at radius 3 is 2.95 bits per heavy atom. The van der Waals surface area contributed by atoms with Crippen molar-refractivity contribution in [3.63, 3.8) is 0 Å². The van der Waals surface area contributed by atoms with Gasteiger partial charge in [0.2, 0.25) is 5.79 Å². The topological polar surface area (TPSA) is 89.3 Å². The Kier molecular flexibility index (Phi) is 3.43. The van der Waals surface area contributed by atoms with Crippen LogP contribution < -0.4 is 16.8 Å². The molecule has 0 saturated heterocycles. The van der Waals surface area contributed by atoms with E-state index in [2.05, 4.69) is 22.2 Å². The molecule has 3 rings (SSSR count). The molecule has 1 aromatic carbocycles. The van der Waals surface area contributed by atoms with Crippen molar-refractivity contribution in [1.29, 1.82) is 0 Å². The third-order valence-electron chi connectivity index (χ3n) is 3.43. The lowest BCUT2D eigenvalue weighted by molar-refractivity contribution is 0.387. The summed E-state index contributed by atoms with van der Waals surface area (Å²) in [5, 5.41) is 4.34. The Labute approximate surface area is 127 Å². The number of aromatic nitrogens is 1. The number of fused-ring (bicyclic) bond motifs is 1. The van der Waals surface area contributed by atoms with Crippen LogP contribution in [0.2, 0.25) is 0 Å². The molecule has 2 aromatic rings. The fourth-order valence-electron chi connectivity index (χ4n) is 2.54. The number of aryl methyl sites for hydroxylation is 1. The molecule has 1 aliphatic rings. The minimum atomic E-state index is -1.02. The maximum Gasteiger partial charge on any atom is 0.211 e. The van der Waals surface area contributed by atoms with E-state index in [1.807, 2.05) is 31.2 Å². The Balaban J connectivity index is 2.02. The number of benzene rings is 1. The molecule has 110 valence electrons. The Morgan fingerprint density at radius 1 is 1.38 bits per heavy atom. The average molecular weight is 301 g/mol. The molecule has 1 atom stereocenters. The summed E-state index contributed by atoms with van der Waals surface area (Å²) in [4.78, 5) is 8.91. The number of hydrogen-bond acceptors (Lipinski definition) is 6. The Morgan fingerprint density at radius 2 is 2.19 bits per heavy atom. The van der Waals surface area contributed by atoms with E-state index < -0.39 is 5.79 Å². The molecule has 0 amide bonds. The number of rotatable bonds is 3. The number of nitrogens with two attached hydrogens (primary N) is 2. The fourth-order valence-corrected chi connectivity index (χ4v) is 3.35.